The van der Waals surface area contributed by atoms with Crippen LogP contribution in [0.5, 0.6) is 0 Å². The summed E-state index contributed by atoms with van der Waals surface area (Å²) in [5.41, 5.74) is 7.99. The van der Waals surface area contributed by atoms with Crippen LogP contribution in [0.1, 0.15) is 22.3 Å². The molecule has 0 aliphatic rings. The van der Waals surface area contributed by atoms with Crippen molar-refractivity contribution in [2.24, 2.45) is 5.10 Å². The topological polar surface area (TPSA) is 53.1 Å². The molecule has 142 valence electrons. The lowest BCUT2D eigenvalue weighted by molar-refractivity contribution is 0.748. The number of rotatable bonds is 6. The highest BCUT2D eigenvalue weighted by Crippen LogP contribution is 2.21. The van der Waals surface area contributed by atoms with E-state index < -0.39 is 0 Å². The maximum Gasteiger partial charge on any atom is 0.0991 e. The van der Waals surface area contributed by atoms with Crippen molar-refractivity contribution in [2.45, 2.75) is 13.1 Å². The molecule has 0 saturated heterocycles. The molecule has 0 aliphatic carbocycles. The molecule has 1 heterocycles. The molecule has 0 fully saturated rings. The first-order chi connectivity index (χ1) is 14.2. The van der Waals surface area contributed by atoms with Crippen molar-refractivity contribution in [1.82, 2.24) is 9.99 Å². The van der Waals surface area contributed by atoms with Crippen molar-refractivity contribution >= 4 is 28.7 Å². The van der Waals surface area contributed by atoms with Crippen molar-refractivity contribution in [2.75, 3.05) is 0 Å². The second kappa shape index (κ2) is 8.64. The molecule has 0 atom stereocenters. The molecule has 0 unspecified atom stereocenters. The van der Waals surface area contributed by atoms with Gasteiger partial charge < -0.3 is 9.99 Å². The molecule has 4 rings (SSSR count). The Kier molecular flexibility index (Phi) is 5.60. The highest BCUT2D eigenvalue weighted by Gasteiger charge is 2.07. The number of hydrogen-bond acceptors (Lipinski definition) is 3. The van der Waals surface area contributed by atoms with Gasteiger partial charge in [0.2, 0.25) is 0 Å². The first-order valence-electron chi connectivity index (χ1n) is 9.31. The van der Waals surface area contributed by atoms with Crippen LogP contribution in [0.25, 0.3) is 10.9 Å². The maximum absolute atomic E-state index is 9.13. The summed E-state index contributed by atoms with van der Waals surface area (Å²) in [5.74, 6) is 0. The quantitative estimate of drug-likeness (QED) is 0.352. The molecule has 0 radical (unpaired) electrons. The molecule has 5 heteroatoms. The Morgan fingerprint density at radius 3 is 2.72 bits per heavy atom. The molecule has 4 nitrogen and oxygen atoms in total. The second-order valence-corrected chi connectivity index (χ2v) is 7.13. The van der Waals surface area contributed by atoms with E-state index in [-0.39, 0.29) is 0 Å². The number of nitrogens with one attached hydrogen (secondary N) is 1. The average Bonchev–Trinajstić information content (AvgIpc) is 3.10. The number of benzene rings is 3. The average molecular weight is 399 g/mol. The summed E-state index contributed by atoms with van der Waals surface area (Å²) in [7, 11) is 0. The lowest BCUT2D eigenvalue weighted by Crippen LogP contribution is -2.05. The van der Waals surface area contributed by atoms with Gasteiger partial charge in [0, 0.05) is 34.2 Å². The minimum atomic E-state index is 0.565. The van der Waals surface area contributed by atoms with Crippen LogP contribution in [-0.4, -0.2) is 10.8 Å². The predicted molar refractivity (Wildman–Crippen MR) is 118 cm³/mol. The zero-order valence-corrected chi connectivity index (χ0v) is 16.5. The molecule has 1 aromatic heterocycles. The number of hydrazone groups is 1. The first-order valence-corrected chi connectivity index (χ1v) is 9.68. The van der Waals surface area contributed by atoms with Crippen LogP contribution < -0.4 is 5.43 Å². The van der Waals surface area contributed by atoms with Crippen LogP contribution >= 0.6 is 11.6 Å². The summed E-state index contributed by atoms with van der Waals surface area (Å²) >= 11 is 6.18. The van der Waals surface area contributed by atoms with E-state index in [1.807, 2.05) is 66.9 Å². The maximum atomic E-state index is 9.13. The van der Waals surface area contributed by atoms with E-state index >= 15 is 0 Å². The molecule has 0 spiro atoms. The fourth-order valence-corrected chi connectivity index (χ4v) is 3.54. The number of fused-ring (bicyclic) bond motifs is 1. The Hall–Kier alpha value is -3.55. The van der Waals surface area contributed by atoms with E-state index in [0.717, 1.165) is 32.6 Å². The van der Waals surface area contributed by atoms with Crippen LogP contribution in [-0.2, 0) is 13.1 Å². The van der Waals surface area contributed by atoms with Crippen molar-refractivity contribution in [3.63, 3.8) is 0 Å². The molecule has 0 aliphatic heterocycles. The highest BCUT2D eigenvalue weighted by molar-refractivity contribution is 6.31. The van der Waals surface area contributed by atoms with Crippen LogP contribution in [0.3, 0.4) is 0 Å². The Bertz CT molecular complexity index is 1220. The molecule has 0 bridgehead atoms. The van der Waals surface area contributed by atoms with Crippen LogP contribution in [0.2, 0.25) is 5.02 Å². The smallest absolute Gasteiger partial charge is 0.0991 e. The molecular weight excluding hydrogens is 380 g/mol. The Labute approximate surface area is 174 Å². The van der Waals surface area contributed by atoms with E-state index in [1.54, 1.807) is 0 Å². The van der Waals surface area contributed by atoms with Gasteiger partial charge in [0.05, 0.1) is 24.4 Å². The molecule has 0 amide bonds. The van der Waals surface area contributed by atoms with E-state index in [1.165, 1.54) is 0 Å². The minimum Gasteiger partial charge on any atom is -0.342 e. The van der Waals surface area contributed by atoms with Gasteiger partial charge in [-0.3, -0.25) is 0 Å². The summed E-state index contributed by atoms with van der Waals surface area (Å²) in [6.07, 6.45) is 3.92. The first kappa shape index (κ1) is 18.8. The third-order valence-electron chi connectivity index (χ3n) is 4.75. The van der Waals surface area contributed by atoms with E-state index in [2.05, 4.69) is 39.5 Å². The lowest BCUT2D eigenvalue weighted by atomic mass is 10.1. The highest BCUT2D eigenvalue weighted by atomic mass is 35.5. The van der Waals surface area contributed by atoms with Gasteiger partial charge in [-0.25, -0.2) is 0 Å². The largest absolute Gasteiger partial charge is 0.342 e. The second-order valence-electron chi connectivity index (χ2n) is 6.73. The van der Waals surface area contributed by atoms with Crippen molar-refractivity contribution in [3.05, 3.63) is 106 Å². The molecular formula is C24H19ClN4. The number of halogens is 1. The number of hydrogen-bond donors (Lipinski definition) is 1. The number of aromatic nitrogens is 1. The summed E-state index contributed by atoms with van der Waals surface area (Å²) in [6, 6.07) is 25.9. The third-order valence-corrected chi connectivity index (χ3v) is 5.12. The van der Waals surface area contributed by atoms with Crippen LogP contribution in [0, 0.1) is 11.3 Å². The summed E-state index contributed by atoms with van der Waals surface area (Å²) in [6.45, 7) is 1.26. The standard InChI is InChI=1S/C24H19ClN4/c25-23-10-3-1-8-20(23)14-27-28-15-21-17-29(24-11-4-2-9-22(21)24)16-19-7-5-6-18(12-19)13-26/h1-12,15,17,27H,14,16H2/b28-15-. The monoisotopic (exact) mass is 398 g/mol. The lowest BCUT2D eigenvalue weighted by Gasteiger charge is -2.05. The number of nitrogens with zero attached hydrogens (tertiary/aromatic N) is 3. The summed E-state index contributed by atoms with van der Waals surface area (Å²) in [5, 5.41) is 15.4. The Morgan fingerprint density at radius 2 is 1.86 bits per heavy atom. The van der Waals surface area contributed by atoms with E-state index in [0.29, 0.717) is 18.7 Å². The SMILES string of the molecule is N#Cc1cccc(Cn2cc(/C=N\NCc3ccccc3Cl)c3ccccc32)c1. The van der Waals surface area contributed by atoms with E-state index in [4.69, 9.17) is 16.9 Å². The Balaban J connectivity index is 1.55. The van der Waals surface area contributed by atoms with Gasteiger partial charge >= 0.3 is 0 Å². The van der Waals surface area contributed by atoms with Crippen molar-refractivity contribution in [3.8, 4) is 6.07 Å². The van der Waals surface area contributed by atoms with Gasteiger partial charge in [-0.15, -0.1) is 0 Å². The van der Waals surface area contributed by atoms with Crippen LogP contribution in [0.15, 0.2) is 84.1 Å². The molecule has 4 aromatic rings. The molecule has 29 heavy (non-hydrogen) atoms. The van der Waals surface area contributed by atoms with Gasteiger partial charge in [0.15, 0.2) is 0 Å². The zero-order chi connectivity index (χ0) is 20.1. The van der Waals surface area contributed by atoms with Gasteiger partial charge in [0.1, 0.15) is 0 Å². The Morgan fingerprint density at radius 1 is 1.03 bits per heavy atom. The molecule has 0 saturated carbocycles. The molecule has 1 N–H and O–H groups in total. The third kappa shape index (κ3) is 4.31. The van der Waals surface area contributed by atoms with Gasteiger partial charge in [-0.1, -0.05) is 60.1 Å². The summed E-state index contributed by atoms with van der Waals surface area (Å²) in [4.78, 5) is 0. The number of nitriles is 1. The number of para-hydroxylation sites is 1. The van der Waals surface area contributed by atoms with Crippen molar-refractivity contribution in [1.29, 1.82) is 5.26 Å². The van der Waals surface area contributed by atoms with Gasteiger partial charge in [0.25, 0.3) is 0 Å². The molecule has 3 aromatic carbocycles. The van der Waals surface area contributed by atoms with E-state index in [9.17, 15) is 0 Å². The fraction of sp³-hybridized carbons (Fsp3) is 0.0833. The minimum absolute atomic E-state index is 0.565. The van der Waals surface area contributed by atoms with Gasteiger partial charge in [-0.05, 0) is 35.4 Å². The van der Waals surface area contributed by atoms with Crippen molar-refractivity contribution < 1.29 is 0 Å². The zero-order valence-electron chi connectivity index (χ0n) is 15.7. The normalized spacial score (nSPS) is 11.0. The van der Waals surface area contributed by atoms with Crippen LogP contribution in [0.4, 0.5) is 0 Å². The predicted octanol–water partition coefficient (Wildman–Crippen LogP) is 5.34. The summed E-state index contributed by atoms with van der Waals surface area (Å²) < 4.78 is 2.18. The van der Waals surface area contributed by atoms with Gasteiger partial charge in [-0.2, -0.15) is 10.4 Å². The fourth-order valence-electron chi connectivity index (χ4n) is 3.33.